The zero-order valence-electron chi connectivity index (χ0n) is 11.6. The second-order valence-corrected chi connectivity index (χ2v) is 5.14. The van der Waals surface area contributed by atoms with Crippen LogP contribution in [0.4, 0.5) is 14.5 Å². The van der Waals surface area contributed by atoms with Gasteiger partial charge in [-0.2, -0.15) is 5.26 Å². The first-order valence-corrected chi connectivity index (χ1v) is 7.00. The number of nitrogens with zero attached hydrogens (tertiary/aromatic N) is 2. The molecule has 0 bridgehead atoms. The Kier molecular flexibility index (Phi) is 4.91. The first-order chi connectivity index (χ1) is 9.65. The van der Waals surface area contributed by atoms with Gasteiger partial charge in [0.2, 0.25) is 0 Å². The van der Waals surface area contributed by atoms with Crippen LogP contribution in [0.25, 0.3) is 0 Å². The van der Waals surface area contributed by atoms with Gasteiger partial charge in [0.15, 0.2) is 11.6 Å². The Balaban J connectivity index is 2.06. The van der Waals surface area contributed by atoms with Crippen molar-refractivity contribution in [3.8, 4) is 6.07 Å². The first kappa shape index (κ1) is 14.7. The van der Waals surface area contributed by atoms with Gasteiger partial charge >= 0.3 is 0 Å². The summed E-state index contributed by atoms with van der Waals surface area (Å²) in [6.07, 6.45) is 1.85. The fraction of sp³-hybridized carbons (Fsp3) is 0.533. The maximum atomic E-state index is 13.9. The molecule has 0 spiro atoms. The number of anilines is 1. The van der Waals surface area contributed by atoms with Gasteiger partial charge in [0.25, 0.3) is 0 Å². The molecule has 1 saturated heterocycles. The quantitative estimate of drug-likeness (QED) is 0.921. The summed E-state index contributed by atoms with van der Waals surface area (Å²) < 4.78 is 27.9. The van der Waals surface area contributed by atoms with E-state index in [9.17, 15) is 8.78 Å². The molecular formula is C15H19F2N3. The summed E-state index contributed by atoms with van der Waals surface area (Å²) in [6, 6.07) is 3.96. The number of halogens is 2. The Morgan fingerprint density at radius 1 is 1.30 bits per heavy atom. The summed E-state index contributed by atoms with van der Waals surface area (Å²) in [7, 11) is 0. The molecule has 0 atom stereocenters. The van der Waals surface area contributed by atoms with Crippen molar-refractivity contribution in [2.75, 3.05) is 31.1 Å². The number of hydrogen-bond donors (Lipinski definition) is 1. The molecule has 0 aromatic heterocycles. The normalized spacial score (nSPS) is 16.2. The van der Waals surface area contributed by atoms with Crippen molar-refractivity contribution in [2.45, 2.75) is 19.8 Å². The summed E-state index contributed by atoms with van der Waals surface area (Å²) in [6.45, 7) is 5.27. The van der Waals surface area contributed by atoms with Gasteiger partial charge in [-0.3, -0.25) is 0 Å². The van der Waals surface area contributed by atoms with E-state index in [1.54, 1.807) is 11.0 Å². The van der Waals surface area contributed by atoms with Crippen molar-refractivity contribution in [1.82, 2.24) is 5.32 Å². The number of benzene rings is 1. The van der Waals surface area contributed by atoms with Crippen molar-refractivity contribution in [1.29, 1.82) is 5.26 Å². The summed E-state index contributed by atoms with van der Waals surface area (Å²) in [4.78, 5) is 1.74. The minimum absolute atomic E-state index is 0.00546. The maximum Gasteiger partial charge on any atom is 0.150 e. The Morgan fingerprint density at radius 3 is 2.40 bits per heavy atom. The number of rotatable bonds is 4. The Bertz CT molecular complexity index is 479. The minimum Gasteiger partial charge on any atom is -0.367 e. The van der Waals surface area contributed by atoms with E-state index in [4.69, 9.17) is 5.26 Å². The predicted molar refractivity (Wildman–Crippen MR) is 74.6 cm³/mol. The van der Waals surface area contributed by atoms with Gasteiger partial charge in [0.05, 0.1) is 11.6 Å². The molecule has 108 valence electrons. The molecule has 1 aliphatic rings. The van der Waals surface area contributed by atoms with Gasteiger partial charge in [0, 0.05) is 13.1 Å². The van der Waals surface area contributed by atoms with Crippen LogP contribution >= 0.6 is 0 Å². The van der Waals surface area contributed by atoms with Crippen molar-refractivity contribution < 1.29 is 8.78 Å². The van der Waals surface area contributed by atoms with Crippen LogP contribution in [0.2, 0.25) is 0 Å². The van der Waals surface area contributed by atoms with Crippen molar-refractivity contribution in [2.24, 2.45) is 5.92 Å². The Morgan fingerprint density at radius 2 is 1.90 bits per heavy atom. The van der Waals surface area contributed by atoms with Gasteiger partial charge in [-0.1, -0.05) is 6.92 Å². The molecular weight excluding hydrogens is 260 g/mol. The van der Waals surface area contributed by atoms with E-state index in [-0.39, 0.29) is 11.3 Å². The van der Waals surface area contributed by atoms with Crippen molar-refractivity contribution in [3.63, 3.8) is 0 Å². The highest BCUT2D eigenvalue weighted by Crippen LogP contribution is 2.29. The molecule has 2 rings (SSSR count). The second-order valence-electron chi connectivity index (χ2n) is 5.14. The van der Waals surface area contributed by atoms with Crippen LogP contribution in [0.15, 0.2) is 12.1 Å². The first-order valence-electron chi connectivity index (χ1n) is 7.00. The number of piperidine rings is 1. The fourth-order valence-electron chi connectivity index (χ4n) is 2.64. The molecule has 0 saturated carbocycles. The van der Waals surface area contributed by atoms with E-state index in [1.165, 1.54) is 0 Å². The third-order valence-electron chi connectivity index (χ3n) is 3.76. The monoisotopic (exact) mass is 279 g/mol. The highest BCUT2D eigenvalue weighted by molar-refractivity contribution is 5.52. The highest BCUT2D eigenvalue weighted by atomic mass is 19.1. The van der Waals surface area contributed by atoms with Gasteiger partial charge in [-0.25, -0.2) is 8.78 Å². The molecule has 1 heterocycles. The Hall–Kier alpha value is -1.67. The molecule has 5 heteroatoms. The molecule has 0 unspecified atom stereocenters. The van der Waals surface area contributed by atoms with E-state index in [0.717, 1.165) is 38.1 Å². The third kappa shape index (κ3) is 3.26. The van der Waals surface area contributed by atoms with E-state index < -0.39 is 11.6 Å². The average Bonchev–Trinajstić information content (AvgIpc) is 2.45. The van der Waals surface area contributed by atoms with Crippen LogP contribution in [0, 0.1) is 28.9 Å². The van der Waals surface area contributed by atoms with Crippen LogP contribution in [0.3, 0.4) is 0 Å². The molecule has 1 fully saturated rings. The SMILES string of the molecule is CCNCC1CCN(c2c(F)cc(C#N)cc2F)CC1. The molecule has 0 radical (unpaired) electrons. The van der Waals surface area contributed by atoms with Crippen LogP contribution in [-0.4, -0.2) is 26.2 Å². The molecule has 0 aliphatic carbocycles. The summed E-state index contributed by atoms with van der Waals surface area (Å²) in [5.74, 6) is -0.728. The van der Waals surface area contributed by atoms with Crippen LogP contribution < -0.4 is 10.2 Å². The molecule has 3 nitrogen and oxygen atoms in total. The largest absolute Gasteiger partial charge is 0.367 e. The van der Waals surface area contributed by atoms with Gasteiger partial charge in [-0.05, 0) is 44.0 Å². The fourth-order valence-corrected chi connectivity index (χ4v) is 2.64. The van der Waals surface area contributed by atoms with E-state index in [0.29, 0.717) is 19.0 Å². The standard InChI is InChI=1S/C15H19F2N3/c1-2-19-10-11-3-5-20(6-4-11)15-13(16)7-12(9-18)8-14(15)17/h7-8,11,19H,2-6,10H2,1H3. The molecule has 1 aromatic rings. The van der Waals surface area contributed by atoms with Crippen molar-refractivity contribution in [3.05, 3.63) is 29.3 Å². The van der Waals surface area contributed by atoms with Crippen LogP contribution in [0.5, 0.6) is 0 Å². The summed E-state index contributed by atoms with van der Waals surface area (Å²) in [5.41, 5.74) is 0.0247. The molecule has 0 amide bonds. The van der Waals surface area contributed by atoms with Gasteiger partial charge < -0.3 is 10.2 Å². The highest BCUT2D eigenvalue weighted by Gasteiger charge is 2.24. The van der Waals surface area contributed by atoms with E-state index in [1.807, 2.05) is 0 Å². The molecule has 1 N–H and O–H groups in total. The van der Waals surface area contributed by atoms with Crippen LogP contribution in [0.1, 0.15) is 25.3 Å². The van der Waals surface area contributed by atoms with Crippen LogP contribution in [-0.2, 0) is 0 Å². The van der Waals surface area contributed by atoms with Gasteiger partial charge in [0.1, 0.15) is 5.69 Å². The van der Waals surface area contributed by atoms with Crippen molar-refractivity contribution >= 4 is 5.69 Å². The number of nitriles is 1. The lowest BCUT2D eigenvalue weighted by atomic mass is 9.96. The minimum atomic E-state index is -0.647. The molecule has 1 aliphatic heterocycles. The lowest BCUT2D eigenvalue weighted by Crippen LogP contribution is -2.38. The summed E-state index contributed by atoms with van der Waals surface area (Å²) in [5, 5.41) is 12.0. The van der Waals surface area contributed by atoms with Gasteiger partial charge in [-0.15, -0.1) is 0 Å². The average molecular weight is 279 g/mol. The predicted octanol–water partition coefficient (Wildman–Crippen LogP) is 2.66. The molecule has 20 heavy (non-hydrogen) atoms. The smallest absolute Gasteiger partial charge is 0.150 e. The lowest BCUT2D eigenvalue weighted by molar-refractivity contribution is 0.382. The Labute approximate surface area is 118 Å². The molecule has 1 aromatic carbocycles. The second kappa shape index (κ2) is 6.67. The lowest BCUT2D eigenvalue weighted by Gasteiger charge is -2.34. The number of nitrogens with one attached hydrogen (secondary N) is 1. The number of hydrogen-bond acceptors (Lipinski definition) is 3. The van der Waals surface area contributed by atoms with E-state index in [2.05, 4.69) is 12.2 Å². The zero-order chi connectivity index (χ0) is 14.5. The maximum absolute atomic E-state index is 13.9. The topological polar surface area (TPSA) is 39.1 Å². The van der Waals surface area contributed by atoms with E-state index >= 15 is 0 Å². The third-order valence-corrected chi connectivity index (χ3v) is 3.76. The summed E-state index contributed by atoms with van der Waals surface area (Å²) >= 11 is 0. The zero-order valence-corrected chi connectivity index (χ0v) is 11.6.